The summed E-state index contributed by atoms with van der Waals surface area (Å²) in [6, 6.07) is 17.6. The minimum Gasteiger partial charge on any atom is -0.392 e. The summed E-state index contributed by atoms with van der Waals surface area (Å²) in [5.41, 5.74) is 10.3. The zero-order valence-corrected chi connectivity index (χ0v) is 27.9. The lowest BCUT2D eigenvalue weighted by Crippen LogP contribution is -2.62. The first-order chi connectivity index (χ1) is 21.9. The van der Waals surface area contributed by atoms with Gasteiger partial charge in [0, 0.05) is 57.8 Å². The van der Waals surface area contributed by atoms with Crippen LogP contribution < -0.4 is 11.1 Å². The minimum absolute atomic E-state index is 0.0372. The van der Waals surface area contributed by atoms with E-state index in [4.69, 9.17) is 5.73 Å². The van der Waals surface area contributed by atoms with Crippen molar-refractivity contribution >= 4 is 11.8 Å². The molecule has 46 heavy (non-hydrogen) atoms. The van der Waals surface area contributed by atoms with Crippen molar-refractivity contribution in [1.29, 1.82) is 0 Å². The molecule has 0 bridgehead atoms. The molecule has 250 valence electrons. The molecule has 2 aromatic rings. The van der Waals surface area contributed by atoms with Crippen LogP contribution in [-0.4, -0.2) is 107 Å². The van der Waals surface area contributed by atoms with Gasteiger partial charge in [-0.1, -0.05) is 60.7 Å². The maximum Gasteiger partial charge on any atom is 0.239 e. The number of nitrogens with zero attached hydrogens (tertiary/aromatic N) is 3. The average Bonchev–Trinajstić information content (AvgIpc) is 3.37. The Morgan fingerprint density at radius 1 is 1.02 bits per heavy atom. The number of carbonyl (C=O) groups excluding carboxylic acids is 2. The monoisotopic (exact) mass is 631 g/mol. The lowest BCUT2D eigenvalue weighted by molar-refractivity contribution is -0.131. The Morgan fingerprint density at radius 2 is 1.67 bits per heavy atom. The number of β-amino-alcohol motifs (C(OH)–C–C–N with tert-alkyl or cyclic N) is 1. The smallest absolute Gasteiger partial charge is 0.239 e. The summed E-state index contributed by atoms with van der Waals surface area (Å²) >= 11 is 0. The zero-order chi connectivity index (χ0) is 33.3. The van der Waals surface area contributed by atoms with Crippen molar-refractivity contribution in [3.8, 4) is 0 Å². The Morgan fingerprint density at radius 3 is 2.28 bits per heavy atom. The predicted octanol–water partition coefficient (Wildman–Crippen LogP) is 2.51. The number of nitrogens with one attached hydrogen (secondary N) is 1. The number of likely N-dealkylation sites (N-methyl/N-ethyl adjacent to an activating group) is 1. The van der Waals surface area contributed by atoms with Crippen LogP contribution in [0.15, 0.2) is 78.5 Å². The lowest BCUT2D eigenvalue weighted by atomic mass is 9.92. The number of allylic oxidation sites excluding steroid dienone is 2. The minimum atomic E-state index is -0.762. The number of piperazine rings is 1. The number of benzene rings is 2. The van der Waals surface area contributed by atoms with E-state index < -0.39 is 17.9 Å². The molecule has 0 saturated carbocycles. The fourth-order valence-electron chi connectivity index (χ4n) is 6.49. The number of rotatable bonds is 10. The fraction of sp³-hybridized carbons (Fsp3) is 0.514. The Labute approximate surface area is 274 Å². The van der Waals surface area contributed by atoms with Crippen molar-refractivity contribution in [2.45, 2.75) is 70.2 Å². The highest BCUT2D eigenvalue weighted by molar-refractivity contribution is 5.82. The molecule has 1 aliphatic carbocycles. The number of aliphatic hydroxyl groups is 2. The van der Waals surface area contributed by atoms with Gasteiger partial charge in [-0.15, -0.1) is 0 Å². The van der Waals surface area contributed by atoms with Crippen LogP contribution in [0.3, 0.4) is 0 Å². The summed E-state index contributed by atoms with van der Waals surface area (Å²) in [5, 5.41) is 23.3. The van der Waals surface area contributed by atoms with Gasteiger partial charge in [0.15, 0.2) is 0 Å². The van der Waals surface area contributed by atoms with Crippen molar-refractivity contribution in [1.82, 2.24) is 20.0 Å². The van der Waals surface area contributed by atoms with Gasteiger partial charge >= 0.3 is 0 Å². The number of primary amides is 1. The average molecular weight is 632 g/mol. The Hall–Kier alpha value is -3.50. The van der Waals surface area contributed by atoms with Crippen LogP contribution in [0.4, 0.5) is 0 Å². The number of nitrogens with two attached hydrogens (primary N) is 1. The molecule has 0 aromatic heterocycles. The summed E-state index contributed by atoms with van der Waals surface area (Å²) in [7, 11) is 2.06. The van der Waals surface area contributed by atoms with Gasteiger partial charge in [0.05, 0.1) is 12.2 Å². The molecule has 2 aliphatic heterocycles. The molecule has 3 atom stereocenters. The first kappa shape index (κ1) is 35.4. The molecular weight excluding hydrogens is 578 g/mol. The summed E-state index contributed by atoms with van der Waals surface area (Å²) in [5.74, 6) is -0.914. The zero-order valence-electron chi connectivity index (χ0n) is 27.9. The van der Waals surface area contributed by atoms with Gasteiger partial charge < -0.3 is 26.2 Å². The number of hydrogen-bond donors (Lipinski definition) is 4. The van der Waals surface area contributed by atoms with Crippen molar-refractivity contribution < 1.29 is 19.8 Å². The van der Waals surface area contributed by atoms with E-state index in [9.17, 15) is 19.8 Å². The summed E-state index contributed by atoms with van der Waals surface area (Å²) in [6.45, 7) is 9.99. The highest BCUT2D eigenvalue weighted by Gasteiger charge is 2.35. The highest BCUT2D eigenvalue weighted by Crippen LogP contribution is 2.21. The second-order valence-corrected chi connectivity index (χ2v) is 14.1. The van der Waals surface area contributed by atoms with E-state index in [-0.39, 0.29) is 30.0 Å². The highest BCUT2D eigenvalue weighted by atomic mass is 16.3. The summed E-state index contributed by atoms with van der Waals surface area (Å²) < 4.78 is 0. The Kier molecular flexibility index (Phi) is 12.6. The lowest BCUT2D eigenvalue weighted by Gasteiger charge is -2.42. The number of fused-ring (bicyclic) bond motifs is 1. The molecule has 5 rings (SSSR count). The van der Waals surface area contributed by atoms with E-state index in [1.807, 2.05) is 63.2 Å². The number of hydrogen-bond acceptors (Lipinski definition) is 7. The predicted molar refractivity (Wildman–Crippen MR) is 183 cm³/mol. The SMILES string of the molecule is CN1C=CC=C(CN2CCN(CC(O)C[C@@H](Cc3ccccc3)C(N)=O)[C@H](C(=O)NC(C)(C)C)C2)C1.OC1Cc2ccccc2C1. The molecule has 0 radical (unpaired) electrons. The molecule has 1 unspecified atom stereocenters. The van der Waals surface area contributed by atoms with Crippen LogP contribution in [0, 0.1) is 5.92 Å². The van der Waals surface area contributed by atoms with E-state index in [0.717, 1.165) is 38.0 Å². The van der Waals surface area contributed by atoms with Crippen LogP contribution in [-0.2, 0) is 28.9 Å². The topological polar surface area (TPSA) is 122 Å². The number of aliphatic hydroxyl groups excluding tert-OH is 2. The van der Waals surface area contributed by atoms with Gasteiger partial charge in [-0.2, -0.15) is 0 Å². The molecule has 1 saturated heterocycles. The second-order valence-electron chi connectivity index (χ2n) is 14.1. The van der Waals surface area contributed by atoms with Crippen LogP contribution >= 0.6 is 0 Å². The van der Waals surface area contributed by atoms with E-state index in [0.29, 0.717) is 26.1 Å². The first-order valence-corrected chi connectivity index (χ1v) is 16.5. The maximum absolute atomic E-state index is 13.3. The molecule has 9 heteroatoms. The van der Waals surface area contributed by atoms with E-state index in [1.165, 1.54) is 16.7 Å². The first-order valence-electron chi connectivity index (χ1n) is 16.5. The standard InChI is InChI=1S/C28H43N5O3.C9H10O/c1-28(2,3)30-27(36)25-20-32(18-22-11-8-12-31(4)17-22)13-14-33(25)19-24(34)16-23(26(29)35)15-21-9-6-5-7-10-21;10-9-5-7-3-1-2-4-8(7)6-9/h5-12,23-25,34H,13-20H2,1-4H3,(H2,29,35)(H,30,36);1-4,9-10H,5-6H2/t23-,24?,25+;/m1./s1. The molecular formula is C37H53N5O4. The van der Waals surface area contributed by atoms with Gasteiger partial charge in [-0.3, -0.25) is 19.4 Å². The van der Waals surface area contributed by atoms with Crippen LogP contribution in [0.1, 0.15) is 43.9 Å². The van der Waals surface area contributed by atoms with Gasteiger partial charge in [0.25, 0.3) is 0 Å². The maximum atomic E-state index is 13.3. The molecule has 2 heterocycles. The molecule has 1 fully saturated rings. The van der Waals surface area contributed by atoms with Crippen molar-refractivity contribution in [3.05, 3.63) is 95.2 Å². The van der Waals surface area contributed by atoms with Crippen molar-refractivity contribution in [2.75, 3.05) is 46.3 Å². The van der Waals surface area contributed by atoms with Crippen LogP contribution in [0.25, 0.3) is 0 Å². The van der Waals surface area contributed by atoms with Crippen LogP contribution in [0.5, 0.6) is 0 Å². The van der Waals surface area contributed by atoms with Crippen molar-refractivity contribution in [3.63, 3.8) is 0 Å². The van der Waals surface area contributed by atoms with Gasteiger partial charge in [0.2, 0.25) is 11.8 Å². The molecule has 2 aromatic carbocycles. The van der Waals surface area contributed by atoms with Gasteiger partial charge in [0.1, 0.15) is 6.04 Å². The van der Waals surface area contributed by atoms with E-state index in [2.05, 4.69) is 57.5 Å². The molecule has 0 spiro atoms. The van der Waals surface area contributed by atoms with E-state index >= 15 is 0 Å². The third-order valence-electron chi connectivity index (χ3n) is 8.69. The Balaban J connectivity index is 0.000000402. The molecule has 9 nitrogen and oxygen atoms in total. The normalized spacial score (nSPS) is 20.3. The largest absolute Gasteiger partial charge is 0.392 e. The van der Waals surface area contributed by atoms with Gasteiger partial charge in [-0.25, -0.2) is 0 Å². The second kappa shape index (κ2) is 16.4. The third kappa shape index (κ3) is 11.1. The summed E-state index contributed by atoms with van der Waals surface area (Å²) in [6.07, 6.45) is 7.82. The summed E-state index contributed by atoms with van der Waals surface area (Å²) in [4.78, 5) is 32.0. The Bertz CT molecular complexity index is 1330. The molecule has 2 amide bonds. The van der Waals surface area contributed by atoms with Crippen molar-refractivity contribution in [2.24, 2.45) is 11.7 Å². The third-order valence-corrected chi connectivity index (χ3v) is 8.69. The quantitative estimate of drug-likeness (QED) is 0.318. The number of amides is 2. The van der Waals surface area contributed by atoms with Gasteiger partial charge in [-0.05, 0) is 81.0 Å². The van der Waals surface area contributed by atoms with Crippen LogP contribution in [0.2, 0.25) is 0 Å². The fourth-order valence-corrected chi connectivity index (χ4v) is 6.49. The molecule has 5 N–H and O–H groups in total. The molecule has 3 aliphatic rings. The van der Waals surface area contributed by atoms with E-state index in [1.54, 1.807) is 0 Å². The number of carbonyl (C=O) groups is 2.